The summed E-state index contributed by atoms with van der Waals surface area (Å²) in [5, 5.41) is 5.81. The molecule has 2 nitrogen and oxygen atoms in total. The van der Waals surface area contributed by atoms with Crippen LogP contribution in [0.4, 0.5) is 0 Å². The van der Waals surface area contributed by atoms with Crippen LogP contribution in [0.3, 0.4) is 0 Å². The molecule has 1 saturated carbocycles. The average molecular weight is 239 g/mol. The van der Waals surface area contributed by atoms with Crippen molar-refractivity contribution in [2.24, 2.45) is 0 Å². The molecule has 3 heteroatoms. The van der Waals surface area contributed by atoms with E-state index in [1.165, 1.54) is 23.3 Å². The van der Waals surface area contributed by atoms with Gasteiger partial charge in [0.1, 0.15) is 0 Å². The molecular weight excluding hydrogens is 218 g/mol. The summed E-state index contributed by atoms with van der Waals surface area (Å²) in [7, 11) is 0. The van der Waals surface area contributed by atoms with Gasteiger partial charge in [0.2, 0.25) is 0 Å². The third kappa shape index (κ3) is 2.84. The number of hydrogen-bond acceptors (Lipinski definition) is 3. The standard InChI is InChI=1S/C13H21NOS/c1-3-10-5-6-16-13(10)9-14-11-7-12(8-11)15-4-2/h5-6,11-12,14H,3-4,7-9H2,1-2H3. The fourth-order valence-corrected chi connectivity index (χ4v) is 3.11. The molecule has 0 unspecified atom stereocenters. The second-order valence-corrected chi connectivity index (χ2v) is 5.35. The number of aryl methyl sites for hydroxylation is 1. The topological polar surface area (TPSA) is 21.3 Å². The Morgan fingerprint density at radius 1 is 1.44 bits per heavy atom. The van der Waals surface area contributed by atoms with Crippen molar-refractivity contribution in [3.05, 3.63) is 21.9 Å². The van der Waals surface area contributed by atoms with Crippen molar-refractivity contribution in [2.45, 2.75) is 51.8 Å². The van der Waals surface area contributed by atoms with Crippen LogP contribution in [0, 0.1) is 0 Å². The molecule has 0 amide bonds. The number of nitrogens with one attached hydrogen (secondary N) is 1. The molecule has 2 rings (SSSR count). The minimum absolute atomic E-state index is 0.511. The first-order valence-corrected chi connectivity index (χ1v) is 7.11. The van der Waals surface area contributed by atoms with Crippen molar-refractivity contribution < 1.29 is 4.74 Å². The minimum Gasteiger partial charge on any atom is -0.378 e. The van der Waals surface area contributed by atoms with Crippen molar-refractivity contribution in [2.75, 3.05) is 6.61 Å². The molecule has 0 aliphatic heterocycles. The monoisotopic (exact) mass is 239 g/mol. The second kappa shape index (κ2) is 5.80. The van der Waals surface area contributed by atoms with Gasteiger partial charge in [-0.25, -0.2) is 0 Å². The van der Waals surface area contributed by atoms with E-state index in [2.05, 4.69) is 30.6 Å². The van der Waals surface area contributed by atoms with E-state index < -0.39 is 0 Å². The van der Waals surface area contributed by atoms with Gasteiger partial charge in [-0.1, -0.05) is 6.92 Å². The Bertz CT molecular complexity index is 317. The molecule has 0 radical (unpaired) electrons. The summed E-state index contributed by atoms with van der Waals surface area (Å²) in [6.45, 7) is 6.17. The number of thiophene rings is 1. The van der Waals surface area contributed by atoms with Crippen LogP contribution in [0.2, 0.25) is 0 Å². The van der Waals surface area contributed by atoms with E-state index in [-0.39, 0.29) is 0 Å². The molecule has 16 heavy (non-hydrogen) atoms. The number of rotatable bonds is 6. The van der Waals surface area contributed by atoms with Crippen LogP contribution in [0.1, 0.15) is 37.1 Å². The summed E-state index contributed by atoms with van der Waals surface area (Å²) in [5.41, 5.74) is 1.50. The molecule has 0 bridgehead atoms. The Balaban J connectivity index is 1.69. The van der Waals surface area contributed by atoms with Gasteiger partial charge in [0.25, 0.3) is 0 Å². The first kappa shape index (κ1) is 12.1. The van der Waals surface area contributed by atoms with E-state index in [1.54, 1.807) is 0 Å². The Labute approximate surface area is 102 Å². The first-order valence-electron chi connectivity index (χ1n) is 6.23. The van der Waals surface area contributed by atoms with Gasteiger partial charge in [-0.05, 0) is 43.2 Å². The highest BCUT2D eigenvalue weighted by Crippen LogP contribution is 2.24. The van der Waals surface area contributed by atoms with E-state index in [9.17, 15) is 0 Å². The zero-order chi connectivity index (χ0) is 11.4. The van der Waals surface area contributed by atoms with E-state index >= 15 is 0 Å². The van der Waals surface area contributed by atoms with Gasteiger partial charge in [-0.15, -0.1) is 11.3 Å². The van der Waals surface area contributed by atoms with Crippen LogP contribution in [-0.2, 0) is 17.7 Å². The Morgan fingerprint density at radius 2 is 2.25 bits per heavy atom. The Kier molecular flexibility index (Phi) is 4.38. The lowest BCUT2D eigenvalue weighted by Gasteiger charge is -2.35. The van der Waals surface area contributed by atoms with Crippen LogP contribution in [0.15, 0.2) is 11.4 Å². The van der Waals surface area contributed by atoms with Crippen LogP contribution < -0.4 is 5.32 Å². The van der Waals surface area contributed by atoms with Crippen molar-refractivity contribution in [1.29, 1.82) is 0 Å². The highest BCUT2D eigenvalue weighted by atomic mass is 32.1. The van der Waals surface area contributed by atoms with Crippen LogP contribution in [0.25, 0.3) is 0 Å². The summed E-state index contributed by atoms with van der Waals surface area (Å²) in [5.74, 6) is 0. The van der Waals surface area contributed by atoms with E-state index in [0.29, 0.717) is 12.1 Å². The molecular formula is C13H21NOS. The van der Waals surface area contributed by atoms with Gasteiger partial charge < -0.3 is 10.1 Å². The van der Waals surface area contributed by atoms with Gasteiger partial charge in [0, 0.05) is 24.1 Å². The Morgan fingerprint density at radius 3 is 2.94 bits per heavy atom. The summed E-state index contributed by atoms with van der Waals surface area (Å²) in [4.78, 5) is 1.50. The zero-order valence-electron chi connectivity index (χ0n) is 10.2. The molecule has 1 fully saturated rings. The van der Waals surface area contributed by atoms with Crippen LogP contribution in [-0.4, -0.2) is 18.8 Å². The SMILES string of the molecule is CCOC1CC(NCc2sccc2CC)C1. The van der Waals surface area contributed by atoms with Crippen molar-refractivity contribution in [3.63, 3.8) is 0 Å². The van der Waals surface area contributed by atoms with Gasteiger partial charge in [0.05, 0.1) is 6.10 Å². The zero-order valence-corrected chi connectivity index (χ0v) is 11.0. The Hall–Kier alpha value is -0.380. The summed E-state index contributed by atoms with van der Waals surface area (Å²) in [6, 6.07) is 2.91. The van der Waals surface area contributed by atoms with Crippen molar-refractivity contribution in [3.8, 4) is 0 Å². The highest BCUT2D eigenvalue weighted by molar-refractivity contribution is 7.10. The minimum atomic E-state index is 0.511. The third-order valence-electron chi connectivity index (χ3n) is 3.27. The lowest BCUT2D eigenvalue weighted by molar-refractivity contribution is -0.0101. The predicted molar refractivity (Wildman–Crippen MR) is 69.0 cm³/mol. The molecule has 1 heterocycles. The number of ether oxygens (including phenoxy) is 1. The van der Waals surface area contributed by atoms with Gasteiger partial charge >= 0.3 is 0 Å². The van der Waals surface area contributed by atoms with Crippen molar-refractivity contribution in [1.82, 2.24) is 5.32 Å². The molecule has 1 aromatic heterocycles. The molecule has 1 N–H and O–H groups in total. The largest absolute Gasteiger partial charge is 0.378 e. The van der Waals surface area contributed by atoms with Crippen molar-refractivity contribution >= 4 is 11.3 Å². The number of hydrogen-bond donors (Lipinski definition) is 1. The summed E-state index contributed by atoms with van der Waals surface area (Å²) < 4.78 is 5.55. The maximum absolute atomic E-state index is 5.55. The second-order valence-electron chi connectivity index (χ2n) is 4.35. The summed E-state index contributed by atoms with van der Waals surface area (Å²) >= 11 is 1.87. The smallest absolute Gasteiger partial charge is 0.0604 e. The average Bonchev–Trinajstić information content (AvgIpc) is 2.68. The van der Waals surface area contributed by atoms with E-state index in [0.717, 1.165) is 19.6 Å². The molecule has 0 atom stereocenters. The van der Waals surface area contributed by atoms with Gasteiger partial charge in [-0.2, -0.15) is 0 Å². The fraction of sp³-hybridized carbons (Fsp3) is 0.692. The van der Waals surface area contributed by atoms with Crippen LogP contribution in [0.5, 0.6) is 0 Å². The lowest BCUT2D eigenvalue weighted by Crippen LogP contribution is -2.45. The molecule has 0 saturated heterocycles. The van der Waals surface area contributed by atoms with Gasteiger partial charge in [0.15, 0.2) is 0 Å². The predicted octanol–water partition coefficient (Wildman–Crippen LogP) is 2.97. The maximum atomic E-state index is 5.55. The summed E-state index contributed by atoms with van der Waals surface area (Å²) in [6.07, 6.45) is 4.02. The quantitative estimate of drug-likeness (QED) is 0.824. The fourth-order valence-electron chi connectivity index (χ4n) is 2.18. The maximum Gasteiger partial charge on any atom is 0.0604 e. The molecule has 0 aromatic carbocycles. The molecule has 1 aliphatic carbocycles. The lowest BCUT2D eigenvalue weighted by atomic mass is 9.89. The van der Waals surface area contributed by atoms with Gasteiger partial charge in [-0.3, -0.25) is 0 Å². The molecule has 1 aromatic rings. The highest BCUT2D eigenvalue weighted by Gasteiger charge is 2.28. The van der Waals surface area contributed by atoms with Crippen LogP contribution >= 0.6 is 11.3 Å². The first-order chi connectivity index (χ1) is 7.83. The van der Waals surface area contributed by atoms with E-state index in [1.807, 2.05) is 11.3 Å². The third-order valence-corrected chi connectivity index (χ3v) is 4.23. The molecule has 1 aliphatic rings. The normalized spacial score (nSPS) is 24.4. The van der Waals surface area contributed by atoms with E-state index in [4.69, 9.17) is 4.74 Å². The molecule has 90 valence electrons. The molecule has 0 spiro atoms.